The molecule has 0 aliphatic carbocycles. The topological polar surface area (TPSA) is 67.8 Å². The molecule has 5 heteroatoms. The molecule has 0 amide bonds. The summed E-state index contributed by atoms with van der Waals surface area (Å²) in [6.07, 6.45) is 0. The van der Waals surface area contributed by atoms with Crippen molar-refractivity contribution in [1.29, 1.82) is 0 Å². The number of carboxylic acid groups (broad SMARTS) is 1. The van der Waals surface area contributed by atoms with Gasteiger partial charge in [0.1, 0.15) is 5.75 Å². The highest BCUT2D eigenvalue weighted by Gasteiger charge is 2.49. The van der Waals surface area contributed by atoms with E-state index >= 15 is 0 Å². The number of carboxylic acids is 1. The number of nitrogens with one attached hydrogen (secondary N) is 1. The van der Waals surface area contributed by atoms with Gasteiger partial charge in [0, 0.05) is 25.1 Å². The second-order valence-electron chi connectivity index (χ2n) is 4.74. The maximum absolute atomic E-state index is 11.9. The van der Waals surface area contributed by atoms with Crippen LogP contribution in [0.4, 0.5) is 0 Å². The Bertz CT molecular complexity index is 463. The van der Waals surface area contributed by atoms with Crippen molar-refractivity contribution in [2.45, 2.75) is 12.5 Å². The summed E-state index contributed by atoms with van der Waals surface area (Å²) in [6.45, 7) is 3.19. The van der Waals surface area contributed by atoms with Crippen molar-refractivity contribution in [2.75, 3.05) is 26.9 Å². The van der Waals surface area contributed by atoms with Crippen LogP contribution in [0.3, 0.4) is 0 Å². The van der Waals surface area contributed by atoms with Crippen molar-refractivity contribution >= 4 is 5.97 Å². The van der Waals surface area contributed by atoms with Gasteiger partial charge in [0.25, 0.3) is 0 Å². The van der Waals surface area contributed by atoms with Gasteiger partial charge in [0.05, 0.1) is 13.2 Å². The summed E-state index contributed by atoms with van der Waals surface area (Å²) >= 11 is 0. The van der Waals surface area contributed by atoms with E-state index in [4.69, 9.17) is 9.47 Å². The fourth-order valence-electron chi connectivity index (χ4n) is 2.54. The van der Waals surface area contributed by atoms with E-state index in [0.717, 1.165) is 0 Å². The zero-order valence-electron chi connectivity index (χ0n) is 11.2. The van der Waals surface area contributed by atoms with Crippen LogP contribution < -0.4 is 10.1 Å². The van der Waals surface area contributed by atoms with Gasteiger partial charge in [-0.05, 0) is 6.07 Å². The molecule has 0 radical (unpaired) electrons. The first-order valence-corrected chi connectivity index (χ1v) is 6.32. The second kappa shape index (κ2) is 5.59. The predicted molar refractivity (Wildman–Crippen MR) is 70.3 cm³/mol. The molecule has 0 spiro atoms. The lowest BCUT2D eigenvalue weighted by Crippen LogP contribution is -2.58. The van der Waals surface area contributed by atoms with E-state index in [9.17, 15) is 9.90 Å². The molecule has 1 aliphatic rings. The number of hydrogen-bond acceptors (Lipinski definition) is 4. The molecule has 0 saturated carbocycles. The Hall–Kier alpha value is -1.59. The summed E-state index contributed by atoms with van der Waals surface area (Å²) in [5.74, 6) is -0.420. The lowest BCUT2D eigenvalue weighted by molar-refractivity contribution is -0.149. The van der Waals surface area contributed by atoms with Gasteiger partial charge in [-0.1, -0.05) is 25.1 Å². The Morgan fingerprint density at radius 1 is 1.58 bits per heavy atom. The monoisotopic (exact) mass is 265 g/mol. The van der Waals surface area contributed by atoms with Crippen LogP contribution in [0.2, 0.25) is 0 Å². The number of carbonyl (C=O) groups is 1. The molecule has 1 aromatic rings. The number of para-hydroxylation sites is 1. The van der Waals surface area contributed by atoms with E-state index in [2.05, 4.69) is 5.32 Å². The van der Waals surface area contributed by atoms with Gasteiger partial charge >= 0.3 is 5.97 Å². The highest BCUT2D eigenvalue weighted by molar-refractivity contribution is 5.83. The smallest absolute Gasteiger partial charge is 0.329 e. The summed E-state index contributed by atoms with van der Waals surface area (Å²) in [4.78, 5) is 11.9. The second-order valence-corrected chi connectivity index (χ2v) is 4.74. The number of hydrogen-bond donors (Lipinski definition) is 2. The van der Waals surface area contributed by atoms with E-state index in [1.165, 1.54) is 0 Å². The standard InChI is InChI=1S/C14H19NO4/c1-10-9-19-12-6-4-3-5-11(12)14(10,13(16)17)15-7-8-18-2/h3-6,10,15H,7-9H2,1-2H3,(H,16,17). The molecule has 2 atom stereocenters. The van der Waals surface area contributed by atoms with Gasteiger partial charge in [-0.3, -0.25) is 5.32 Å². The number of aliphatic carboxylic acids is 1. The fraction of sp³-hybridized carbons (Fsp3) is 0.500. The molecule has 0 fully saturated rings. The molecular weight excluding hydrogens is 246 g/mol. The third-order valence-corrected chi connectivity index (χ3v) is 3.59. The van der Waals surface area contributed by atoms with Crippen molar-refractivity contribution in [3.05, 3.63) is 29.8 Å². The minimum absolute atomic E-state index is 0.170. The molecule has 0 bridgehead atoms. The molecule has 104 valence electrons. The van der Waals surface area contributed by atoms with Crippen molar-refractivity contribution in [2.24, 2.45) is 5.92 Å². The molecule has 5 nitrogen and oxygen atoms in total. The number of methoxy groups -OCH3 is 1. The first kappa shape index (κ1) is 13.8. The van der Waals surface area contributed by atoms with Gasteiger partial charge in [-0.15, -0.1) is 0 Å². The van der Waals surface area contributed by atoms with E-state index in [0.29, 0.717) is 31.1 Å². The van der Waals surface area contributed by atoms with Crippen LogP contribution >= 0.6 is 0 Å². The summed E-state index contributed by atoms with van der Waals surface area (Å²) < 4.78 is 10.6. The Morgan fingerprint density at radius 2 is 2.32 bits per heavy atom. The van der Waals surface area contributed by atoms with Crippen LogP contribution in [0, 0.1) is 5.92 Å². The lowest BCUT2D eigenvalue weighted by Gasteiger charge is -2.41. The number of benzene rings is 1. The van der Waals surface area contributed by atoms with Crippen molar-refractivity contribution in [3.63, 3.8) is 0 Å². The molecule has 2 rings (SSSR count). The molecule has 1 aliphatic heterocycles. The minimum Gasteiger partial charge on any atom is -0.493 e. The largest absolute Gasteiger partial charge is 0.493 e. The molecular formula is C14H19NO4. The minimum atomic E-state index is -1.12. The lowest BCUT2D eigenvalue weighted by atomic mass is 9.77. The summed E-state index contributed by atoms with van der Waals surface area (Å²) in [6, 6.07) is 7.28. The number of ether oxygens (including phenoxy) is 2. The van der Waals surface area contributed by atoms with Crippen molar-refractivity contribution < 1.29 is 19.4 Å². The van der Waals surface area contributed by atoms with Gasteiger partial charge in [0.2, 0.25) is 0 Å². The highest BCUT2D eigenvalue weighted by Crippen LogP contribution is 2.40. The van der Waals surface area contributed by atoms with Crippen LogP contribution in [-0.4, -0.2) is 37.9 Å². The van der Waals surface area contributed by atoms with Crippen LogP contribution in [0.5, 0.6) is 5.75 Å². The third kappa shape index (κ3) is 2.31. The van der Waals surface area contributed by atoms with E-state index in [-0.39, 0.29) is 5.92 Å². The zero-order chi connectivity index (χ0) is 13.9. The third-order valence-electron chi connectivity index (χ3n) is 3.59. The molecule has 19 heavy (non-hydrogen) atoms. The summed E-state index contributed by atoms with van der Waals surface area (Å²) in [7, 11) is 1.59. The Morgan fingerprint density at radius 3 is 3.00 bits per heavy atom. The highest BCUT2D eigenvalue weighted by atomic mass is 16.5. The van der Waals surface area contributed by atoms with Crippen LogP contribution in [0.15, 0.2) is 24.3 Å². The van der Waals surface area contributed by atoms with Crippen LogP contribution in [0.25, 0.3) is 0 Å². The average Bonchev–Trinajstić information content (AvgIpc) is 2.41. The Kier molecular flexibility index (Phi) is 4.07. The van der Waals surface area contributed by atoms with Crippen molar-refractivity contribution in [1.82, 2.24) is 5.32 Å². The maximum Gasteiger partial charge on any atom is 0.329 e. The number of fused-ring (bicyclic) bond motifs is 1. The summed E-state index contributed by atoms with van der Waals surface area (Å²) in [5.41, 5.74) is -0.440. The molecule has 1 aromatic carbocycles. The number of rotatable bonds is 5. The predicted octanol–water partition coefficient (Wildman–Crippen LogP) is 1.23. The molecule has 2 N–H and O–H groups in total. The quantitative estimate of drug-likeness (QED) is 0.784. The van der Waals surface area contributed by atoms with E-state index < -0.39 is 11.5 Å². The van der Waals surface area contributed by atoms with E-state index in [1.54, 1.807) is 19.2 Å². The normalized spacial score (nSPS) is 25.5. The SMILES string of the molecule is COCCNC1(C(=O)O)c2ccccc2OCC1C. The van der Waals surface area contributed by atoms with E-state index in [1.807, 2.05) is 19.1 Å². The first-order valence-electron chi connectivity index (χ1n) is 6.32. The van der Waals surface area contributed by atoms with Crippen LogP contribution in [0.1, 0.15) is 12.5 Å². The van der Waals surface area contributed by atoms with Gasteiger partial charge in [-0.25, -0.2) is 4.79 Å². The average molecular weight is 265 g/mol. The van der Waals surface area contributed by atoms with Crippen molar-refractivity contribution in [3.8, 4) is 5.75 Å². The Labute approximate surface area is 112 Å². The summed E-state index contributed by atoms with van der Waals surface area (Å²) in [5, 5.41) is 12.9. The van der Waals surface area contributed by atoms with Gasteiger partial charge in [-0.2, -0.15) is 0 Å². The molecule has 0 aromatic heterocycles. The Balaban J connectivity index is 2.42. The molecule has 1 heterocycles. The van der Waals surface area contributed by atoms with Gasteiger partial charge in [0.15, 0.2) is 5.54 Å². The van der Waals surface area contributed by atoms with Crippen LogP contribution in [-0.2, 0) is 15.1 Å². The van der Waals surface area contributed by atoms with Gasteiger partial charge < -0.3 is 14.6 Å². The maximum atomic E-state index is 11.9. The molecule has 0 saturated heterocycles. The molecule has 2 unspecified atom stereocenters. The fourth-order valence-corrected chi connectivity index (χ4v) is 2.54. The first-order chi connectivity index (χ1) is 9.13. The zero-order valence-corrected chi connectivity index (χ0v) is 11.2.